The fraction of sp³-hybridized carbons (Fsp3) is 0.677. The molecular weight excluding hydrogens is 466 g/mol. The SMILES string of the molecule is CC(=CO)[C@@]1(O)CC[C@H]2C3CC[C@@]4(O)CC5(CCC4=C3[C@@H](c3ccc(N(C)C)cc3)C[C@]21C)OCCO5. The summed E-state index contributed by atoms with van der Waals surface area (Å²) in [5, 5.41) is 34.2. The van der Waals surface area contributed by atoms with E-state index >= 15 is 0 Å². The maximum absolute atomic E-state index is 12.2. The van der Waals surface area contributed by atoms with Gasteiger partial charge in [0.2, 0.25) is 0 Å². The summed E-state index contributed by atoms with van der Waals surface area (Å²) < 4.78 is 12.1. The first kappa shape index (κ1) is 25.4. The van der Waals surface area contributed by atoms with Gasteiger partial charge in [-0.15, -0.1) is 0 Å². The highest BCUT2D eigenvalue weighted by molar-refractivity contribution is 5.50. The number of hydrogen-bond donors (Lipinski definition) is 3. The first-order chi connectivity index (χ1) is 17.6. The highest BCUT2D eigenvalue weighted by Crippen LogP contribution is 2.69. The zero-order chi connectivity index (χ0) is 26.2. The van der Waals surface area contributed by atoms with Crippen LogP contribution >= 0.6 is 0 Å². The highest BCUT2D eigenvalue weighted by Gasteiger charge is 2.65. The molecule has 4 fully saturated rings. The van der Waals surface area contributed by atoms with Crippen molar-refractivity contribution in [2.75, 3.05) is 32.2 Å². The molecule has 1 saturated heterocycles. The molecule has 3 saturated carbocycles. The van der Waals surface area contributed by atoms with Gasteiger partial charge in [0.25, 0.3) is 0 Å². The molecule has 1 heterocycles. The van der Waals surface area contributed by atoms with Crippen molar-refractivity contribution < 1.29 is 24.8 Å². The monoisotopic (exact) mass is 509 g/mol. The van der Waals surface area contributed by atoms with Crippen molar-refractivity contribution in [3.05, 3.63) is 52.8 Å². The lowest BCUT2D eigenvalue weighted by molar-refractivity contribution is -0.208. The molecule has 1 spiro atoms. The highest BCUT2D eigenvalue weighted by atomic mass is 16.7. The van der Waals surface area contributed by atoms with Gasteiger partial charge in [0.1, 0.15) is 0 Å². The third-order valence-electron chi connectivity index (χ3n) is 11.0. The van der Waals surface area contributed by atoms with E-state index in [9.17, 15) is 15.3 Å². The van der Waals surface area contributed by atoms with Crippen LogP contribution < -0.4 is 4.90 Å². The molecule has 1 unspecified atom stereocenters. The Hall–Kier alpha value is -1.86. The van der Waals surface area contributed by atoms with Gasteiger partial charge in [-0.1, -0.05) is 24.6 Å². The van der Waals surface area contributed by atoms with Crippen molar-refractivity contribution in [3.63, 3.8) is 0 Å². The van der Waals surface area contributed by atoms with E-state index in [0.717, 1.165) is 44.1 Å². The third-order valence-corrected chi connectivity index (χ3v) is 11.0. The molecule has 1 aromatic rings. The predicted octanol–water partition coefficient (Wildman–Crippen LogP) is 5.21. The van der Waals surface area contributed by atoms with Gasteiger partial charge >= 0.3 is 0 Å². The molecule has 6 heteroatoms. The Morgan fingerprint density at radius 3 is 2.38 bits per heavy atom. The average molecular weight is 510 g/mol. The quantitative estimate of drug-likeness (QED) is 0.383. The number of nitrogens with zero attached hydrogens (tertiary/aromatic N) is 1. The molecule has 0 amide bonds. The number of fused-ring (bicyclic) bond motifs is 4. The number of rotatable bonds is 3. The van der Waals surface area contributed by atoms with E-state index in [1.165, 1.54) is 16.7 Å². The van der Waals surface area contributed by atoms with Crippen molar-refractivity contribution in [1.29, 1.82) is 0 Å². The molecule has 4 aliphatic carbocycles. The molecule has 1 aliphatic heterocycles. The largest absolute Gasteiger partial charge is 0.516 e. The molecule has 0 radical (unpaired) electrons. The lowest BCUT2D eigenvalue weighted by Crippen LogP contribution is -2.55. The van der Waals surface area contributed by atoms with E-state index in [0.29, 0.717) is 49.9 Å². The van der Waals surface area contributed by atoms with Crippen molar-refractivity contribution >= 4 is 5.69 Å². The van der Waals surface area contributed by atoms with Crippen LogP contribution in [-0.2, 0) is 9.47 Å². The van der Waals surface area contributed by atoms with Gasteiger partial charge in [-0.2, -0.15) is 0 Å². The van der Waals surface area contributed by atoms with E-state index < -0.39 is 17.0 Å². The molecule has 202 valence electrons. The second-order valence-electron chi connectivity index (χ2n) is 12.9. The molecule has 5 aliphatic rings. The molecule has 1 aromatic carbocycles. The first-order valence-corrected chi connectivity index (χ1v) is 14.1. The molecule has 0 bridgehead atoms. The Labute approximate surface area is 221 Å². The Morgan fingerprint density at radius 2 is 1.73 bits per heavy atom. The standard InChI is InChI=1S/C31H43NO5/c1-20(18-33)31(35)14-11-25-23-9-12-29(34)19-30(36-15-16-37-30)13-10-26(29)27(23)24(17-28(25,31)2)21-5-7-22(8-6-21)32(3)4/h5-8,18,23-25,33-35H,9-17,19H2,1-4H3/t23?,24-,25+,28-,29-,31+/m1/s1. The Morgan fingerprint density at radius 1 is 1.03 bits per heavy atom. The molecular formula is C31H43NO5. The molecule has 6 rings (SSSR count). The second kappa shape index (κ2) is 8.57. The Kier molecular flexibility index (Phi) is 5.89. The topological polar surface area (TPSA) is 82.4 Å². The van der Waals surface area contributed by atoms with Crippen molar-refractivity contribution in [2.24, 2.45) is 17.3 Å². The number of hydrogen-bond acceptors (Lipinski definition) is 6. The van der Waals surface area contributed by atoms with Crippen LogP contribution in [-0.4, -0.2) is 59.6 Å². The lowest BCUT2D eigenvalue weighted by Gasteiger charge is -2.57. The van der Waals surface area contributed by atoms with Crippen LogP contribution in [0.4, 0.5) is 5.69 Å². The van der Waals surface area contributed by atoms with Crippen LogP contribution in [0, 0.1) is 17.3 Å². The molecule has 0 aromatic heterocycles. The maximum Gasteiger partial charge on any atom is 0.171 e. The summed E-state index contributed by atoms with van der Waals surface area (Å²) in [6, 6.07) is 8.82. The van der Waals surface area contributed by atoms with Crippen molar-refractivity contribution in [3.8, 4) is 0 Å². The van der Waals surface area contributed by atoms with Gasteiger partial charge in [-0.05, 0) is 86.1 Å². The van der Waals surface area contributed by atoms with Crippen LogP contribution in [0.1, 0.15) is 76.7 Å². The van der Waals surface area contributed by atoms with Gasteiger partial charge in [-0.25, -0.2) is 0 Å². The molecule has 6 atom stereocenters. The normalized spacial score (nSPS) is 40.9. The maximum atomic E-state index is 12.2. The smallest absolute Gasteiger partial charge is 0.171 e. The number of ether oxygens (including phenoxy) is 2. The predicted molar refractivity (Wildman–Crippen MR) is 143 cm³/mol. The van der Waals surface area contributed by atoms with E-state index in [-0.39, 0.29) is 11.3 Å². The van der Waals surface area contributed by atoms with Crippen LogP contribution in [0.2, 0.25) is 0 Å². The summed E-state index contributed by atoms with van der Waals surface area (Å²) in [4.78, 5) is 2.11. The minimum Gasteiger partial charge on any atom is -0.516 e. The van der Waals surface area contributed by atoms with Gasteiger partial charge < -0.3 is 29.7 Å². The second-order valence-corrected chi connectivity index (χ2v) is 12.9. The Bertz CT molecular complexity index is 1120. The number of aliphatic hydroxyl groups excluding tert-OH is 1. The van der Waals surface area contributed by atoms with Gasteiger partial charge in [0.05, 0.1) is 30.7 Å². The van der Waals surface area contributed by atoms with Gasteiger partial charge in [0.15, 0.2) is 5.79 Å². The summed E-state index contributed by atoms with van der Waals surface area (Å²) in [5.41, 5.74) is 3.40. The van der Waals surface area contributed by atoms with Gasteiger partial charge in [-0.3, -0.25) is 0 Å². The first-order valence-electron chi connectivity index (χ1n) is 14.1. The molecule has 6 nitrogen and oxygen atoms in total. The number of allylic oxidation sites excluding steroid dienone is 1. The fourth-order valence-electron chi connectivity index (χ4n) is 9.08. The van der Waals surface area contributed by atoms with Crippen molar-refractivity contribution in [2.45, 2.75) is 88.1 Å². The van der Waals surface area contributed by atoms with E-state index in [1.54, 1.807) is 0 Å². The Balaban J connectivity index is 1.48. The summed E-state index contributed by atoms with van der Waals surface area (Å²) in [7, 11) is 4.10. The van der Waals surface area contributed by atoms with E-state index in [4.69, 9.17) is 9.47 Å². The zero-order valence-electron chi connectivity index (χ0n) is 22.8. The average Bonchev–Trinajstić information content (AvgIpc) is 3.44. The number of aliphatic hydroxyl groups is 3. The zero-order valence-corrected chi connectivity index (χ0v) is 22.8. The fourth-order valence-corrected chi connectivity index (χ4v) is 9.08. The lowest BCUT2D eigenvalue weighted by atomic mass is 9.49. The van der Waals surface area contributed by atoms with E-state index in [1.807, 2.05) is 6.92 Å². The summed E-state index contributed by atoms with van der Waals surface area (Å²) in [5.74, 6) is 0.0907. The van der Waals surface area contributed by atoms with Crippen LogP contribution in [0.15, 0.2) is 47.2 Å². The van der Waals surface area contributed by atoms with Crippen LogP contribution in [0.25, 0.3) is 0 Å². The summed E-state index contributed by atoms with van der Waals surface area (Å²) >= 11 is 0. The summed E-state index contributed by atoms with van der Waals surface area (Å²) in [6.45, 7) is 5.31. The van der Waals surface area contributed by atoms with Gasteiger partial charge in [0, 0.05) is 44.0 Å². The van der Waals surface area contributed by atoms with Crippen LogP contribution in [0.3, 0.4) is 0 Å². The minimum atomic E-state index is -1.03. The molecule has 37 heavy (non-hydrogen) atoms. The summed E-state index contributed by atoms with van der Waals surface area (Å²) in [6.07, 6.45) is 7.19. The van der Waals surface area contributed by atoms with Crippen molar-refractivity contribution in [1.82, 2.24) is 0 Å². The van der Waals surface area contributed by atoms with Crippen LogP contribution in [0.5, 0.6) is 0 Å². The number of benzene rings is 1. The van der Waals surface area contributed by atoms with E-state index in [2.05, 4.69) is 50.2 Å². The number of anilines is 1. The molecule has 3 N–H and O–H groups in total. The minimum absolute atomic E-state index is 0.111. The third kappa shape index (κ3) is 3.59.